The van der Waals surface area contributed by atoms with Gasteiger partial charge in [-0.15, -0.1) is 0 Å². The normalized spacial score (nSPS) is 9.43. The number of esters is 1. The van der Waals surface area contributed by atoms with Gasteiger partial charge in [0.05, 0.1) is 6.61 Å². The second-order valence-electron chi connectivity index (χ2n) is 4.02. The fourth-order valence-electron chi connectivity index (χ4n) is 1.43. The number of ketones is 1. The molecule has 4 nitrogen and oxygen atoms in total. The molecular formula is C16H16O4S. The second-order valence-corrected chi connectivity index (χ2v) is 5.29. The molecule has 0 fully saturated rings. The molecular weight excluding hydrogens is 288 g/mol. The van der Waals surface area contributed by atoms with Gasteiger partial charge in [-0.3, -0.25) is 9.59 Å². The Hall–Kier alpha value is -2.06. The van der Waals surface area contributed by atoms with Crippen LogP contribution in [0.5, 0.6) is 0 Å². The number of hydrogen-bond acceptors (Lipinski definition) is 5. The van der Waals surface area contributed by atoms with E-state index in [2.05, 4.69) is 16.6 Å². The number of hydrogen-bond donors (Lipinski definition) is 0. The van der Waals surface area contributed by atoms with Crippen molar-refractivity contribution < 1.29 is 19.1 Å². The lowest BCUT2D eigenvalue weighted by Crippen LogP contribution is -2.17. The predicted molar refractivity (Wildman–Crippen MR) is 82.0 cm³/mol. The molecule has 1 rings (SSSR count). The molecule has 0 bridgehead atoms. The standard InChI is InChI=1S/C16H16O4S/c1-3-20-16(19)15(18)14-9-7-13(8-10-14)6-4-5-11-21-12(2)17/h7-10H,3,5,11H2,1-2H3. The Morgan fingerprint density at radius 2 is 1.86 bits per heavy atom. The van der Waals surface area contributed by atoms with Crippen molar-refractivity contribution >= 4 is 28.6 Å². The summed E-state index contributed by atoms with van der Waals surface area (Å²) in [6, 6.07) is 6.45. The average molecular weight is 304 g/mol. The third kappa shape index (κ3) is 6.28. The zero-order valence-electron chi connectivity index (χ0n) is 12.0. The van der Waals surface area contributed by atoms with Gasteiger partial charge in [0.25, 0.3) is 5.78 Å². The summed E-state index contributed by atoms with van der Waals surface area (Å²) in [5.74, 6) is 5.05. The molecule has 0 radical (unpaired) electrons. The summed E-state index contributed by atoms with van der Waals surface area (Å²) in [4.78, 5) is 33.7. The zero-order chi connectivity index (χ0) is 15.7. The van der Waals surface area contributed by atoms with E-state index in [0.29, 0.717) is 12.2 Å². The number of ether oxygens (including phenoxy) is 1. The van der Waals surface area contributed by atoms with Crippen LogP contribution in [0.1, 0.15) is 36.2 Å². The largest absolute Gasteiger partial charge is 0.460 e. The van der Waals surface area contributed by atoms with Gasteiger partial charge in [-0.05, 0) is 31.2 Å². The monoisotopic (exact) mass is 304 g/mol. The van der Waals surface area contributed by atoms with Gasteiger partial charge in [0.15, 0.2) is 5.12 Å². The molecule has 5 heteroatoms. The quantitative estimate of drug-likeness (QED) is 0.275. The van der Waals surface area contributed by atoms with Crippen molar-refractivity contribution in [2.24, 2.45) is 0 Å². The summed E-state index contributed by atoms with van der Waals surface area (Å²) in [6.45, 7) is 3.35. The lowest BCUT2D eigenvalue weighted by Gasteiger charge is -2.00. The number of thioether (sulfide) groups is 1. The SMILES string of the molecule is CCOC(=O)C(=O)c1ccc(C#CCCSC(C)=O)cc1. The Labute approximate surface area is 128 Å². The van der Waals surface area contributed by atoms with E-state index in [4.69, 9.17) is 0 Å². The fraction of sp³-hybridized carbons (Fsp3) is 0.312. The average Bonchev–Trinajstić information content (AvgIpc) is 2.46. The van der Waals surface area contributed by atoms with E-state index in [1.807, 2.05) is 0 Å². The molecule has 0 saturated heterocycles. The first-order chi connectivity index (χ1) is 10.0. The molecule has 0 aliphatic carbocycles. The summed E-state index contributed by atoms with van der Waals surface area (Å²) in [7, 11) is 0. The summed E-state index contributed by atoms with van der Waals surface area (Å²) in [5.41, 5.74) is 1.04. The lowest BCUT2D eigenvalue weighted by atomic mass is 10.1. The second kappa shape index (κ2) is 8.98. The smallest absolute Gasteiger partial charge is 0.379 e. The van der Waals surface area contributed by atoms with Gasteiger partial charge in [-0.1, -0.05) is 23.6 Å². The maximum Gasteiger partial charge on any atom is 0.379 e. The van der Waals surface area contributed by atoms with Gasteiger partial charge < -0.3 is 4.74 Å². The van der Waals surface area contributed by atoms with Crippen LogP contribution in [0, 0.1) is 11.8 Å². The number of carbonyl (C=O) groups is 3. The molecule has 0 heterocycles. The molecule has 0 aliphatic rings. The lowest BCUT2D eigenvalue weighted by molar-refractivity contribution is -0.137. The number of rotatable bonds is 5. The molecule has 110 valence electrons. The van der Waals surface area contributed by atoms with Crippen molar-refractivity contribution in [2.45, 2.75) is 20.3 Å². The number of Topliss-reactive ketones (excluding diaryl/α,β-unsaturated/α-hetero) is 1. The molecule has 0 aromatic heterocycles. The molecule has 0 spiro atoms. The minimum atomic E-state index is -0.849. The molecule has 0 amide bonds. The molecule has 0 saturated carbocycles. The Morgan fingerprint density at radius 1 is 1.19 bits per heavy atom. The third-order valence-electron chi connectivity index (χ3n) is 2.37. The van der Waals surface area contributed by atoms with Crippen LogP contribution in [0.15, 0.2) is 24.3 Å². The van der Waals surface area contributed by atoms with Crippen LogP contribution in [0.2, 0.25) is 0 Å². The molecule has 0 atom stereocenters. The van der Waals surface area contributed by atoms with Crippen LogP contribution in [0.3, 0.4) is 0 Å². The minimum absolute atomic E-state index is 0.0821. The summed E-state index contributed by atoms with van der Waals surface area (Å²) in [5, 5.41) is 0.0821. The Balaban J connectivity index is 2.58. The van der Waals surface area contributed by atoms with Gasteiger partial charge in [-0.2, -0.15) is 0 Å². The van der Waals surface area contributed by atoms with Gasteiger partial charge in [0, 0.05) is 30.2 Å². The first-order valence-corrected chi connectivity index (χ1v) is 7.47. The van der Waals surface area contributed by atoms with Crippen LogP contribution < -0.4 is 0 Å². The Bertz CT molecular complexity index is 579. The van der Waals surface area contributed by atoms with E-state index < -0.39 is 11.8 Å². The summed E-state index contributed by atoms with van der Waals surface area (Å²) < 4.78 is 4.65. The Morgan fingerprint density at radius 3 is 2.43 bits per heavy atom. The van der Waals surface area contributed by atoms with Crippen LogP contribution in [-0.2, 0) is 14.3 Å². The van der Waals surface area contributed by atoms with Gasteiger partial charge >= 0.3 is 5.97 Å². The van der Waals surface area contributed by atoms with Gasteiger partial charge in [-0.25, -0.2) is 4.79 Å². The van der Waals surface area contributed by atoms with Crippen LogP contribution in [0.4, 0.5) is 0 Å². The van der Waals surface area contributed by atoms with Crippen LogP contribution in [-0.4, -0.2) is 29.2 Å². The van der Waals surface area contributed by atoms with Crippen molar-refractivity contribution in [2.75, 3.05) is 12.4 Å². The van der Waals surface area contributed by atoms with Gasteiger partial charge in [0.1, 0.15) is 0 Å². The first-order valence-electron chi connectivity index (χ1n) is 6.48. The third-order valence-corrected chi connectivity index (χ3v) is 3.19. The number of carbonyl (C=O) groups excluding carboxylic acids is 3. The van der Waals surface area contributed by atoms with Crippen molar-refractivity contribution in [3.8, 4) is 11.8 Å². The van der Waals surface area contributed by atoms with Crippen LogP contribution in [0.25, 0.3) is 0 Å². The predicted octanol–water partition coefficient (Wildman–Crippen LogP) is 2.45. The molecule has 21 heavy (non-hydrogen) atoms. The summed E-state index contributed by atoms with van der Waals surface area (Å²) >= 11 is 1.24. The first kappa shape index (κ1) is 17.0. The maximum absolute atomic E-state index is 11.7. The fourth-order valence-corrected chi connectivity index (χ4v) is 1.92. The van der Waals surface area contributed by atoms with Crippen molar-refractivity contribution in [3.05, 3.63) is 35.4 Å². The van der Waals surface area contributed by atoms with Crippen molar-refractivity contribution in [3.63, 3.8) is 0 Å². The minimum Gasteiger partial charge on any atom is -0.460 e. The van der Waals surface area contributed by atoms with E-state index in [-0.39, 0.29) is 17.3 Å². The molecule has 0 N–H and O–H groups in total. The summed E-state index contributed by atoms with van der Waals surface area (Å²) in [6.07, 6.45) is 0.619. The molecule has 1 aromatic rings. The molecule has 0 aliphatic heterocycles. The van der Waals surface area contributed by atoms with E-state index in [1.54, 1.807) is 31.2 Å². The topological polar surface area (TPSA) is 60.4 Å². The highest BCUT2D eigenvalue weighted by Crippen LogP contribution is 2.06. The van der Waals surface area contributed by atoms with E-state index in [0.717, 1.165) is 5.56 Å². The zero-order valence-corrected chi connectivity index (χ0v) is 12.8. The van der Waals surface area contributed by atoms with Crippen molar-refractivity contribution in [1.82, 2.24) is 0 Å². The molecule has 1 aromatic carbocycles. The Kier molecular flexibility index (Phi) is 7.27. The highest BCUT2D eigenvalue weighted by molar-refractivity contribution is 8.13. The highest BCUT2D eigenvalue weighted by atomic mass is 32.2. The van der Waals surface area contributed by atoms with Crippen molar-refractivity contribution in [1.29, 1.82) is 0 Å². The van der Waals surface area contributed by atoms with Gasteiger partial charge in [0.2, 0.25) is 0 Å². The van der Waals surface area contributed by atoms with E-state index in [1.165, 1.54) is 18.7 Å². The molecule has 0 unspecified atom stereocenters. The van der Waals surface area contributed by atoms with E-state index in [9.17, 15) is 14.4 Å². The highest BCUT2D eigenvalue weighted by Gasteiger charge is 2.16. The number of benzene rings is 1. The van der Waals surface area contributed by atoms with E-state index >= 15 is 0 Å². The maximum atomic E-state index is 11.7. The van der Waals surface area contributed by atoms with Crippen LogP contribution >= 0.6 is 11.8 Å².